The second-order valence-electron chi connectivity index (χ2n) is 7.60. The minimum atomic E-state index is -0.665. The summed E-state index contributed by atoms with van der Waals surface area (Å²) < 4.78 is 5.63. The molecule has 0 fully saturated rings. The first-order valence-corrected chi connectivity index (χ1v) is 10.9. The van der Waals surface area contributed by atoms with Crippen LogP contribution in [-0.4, -0.2) is 45.8 Å². The molecule has 5 nitrogen and oxygen atoms in total. The number of hydrogen-bond donors (Lipinski definition) is 2. The standard InChI is InChI=1S/C22H25N3O2S/c1-2-16-11-25-12-17(15-8-9-19-18(10-15)24-20(26)13-27-19)21(28-22(25)23-16)14-6-4-3-5-7-14/h3-4,6,8-10,12,16,20-21,24,26H,2,5,7,11,13H2,1H3. The number of benzene rings is 1. The zero-order valence-corrected chi connectivity index (χ0v) is 16.8. The predicted octanol–water partition coefficient (Wildman–Crippen LogP) is 3.99. The molecule has 146 valence electrons. The highest BCUT2D eigenvalue weighted by atomic mass is 32.2. The van der Waals surface area contributed by atoms with Crippen LogP contribution in [0.1, 0.15) is 31.7 Å². The zero-order chi connectivity index (χ0) is 19.1. The molecule has 5 rings (SSSR count). The third-order valence-electron chi connectivity index (χ3n) is 5.63. The Labute approximate surface area is 169 Å². The first-order chi connectivity index (χ1) is 13.7. The summed E-state index contributed by atoms with van der Waals surface area (Å²) in [7, 11) is 0. The van der Waals surface area contributed by atoms with Crippen molar-refractivity contribution in [3.05, 3.63) is 53.8 Å². The van der Waals surface area contributed by atoms with Crippen LogP contribution in [-0.2, 0) is 0 Å². The number of aliphatic imine (C=N–C) groups is 1. The van der Waals surface area contributed by atoms with Gasteiger partial charge in [0, 0.05) is 12.7 Å². The molecule has 0 bridgehead atoms. The molecule has 3 aliphatic heterocycles. The van der Waals surface area contributed by atoms with Crippen LogP contribution in [0, 0.1) is 0 Å². The topological polar surface area (TPSA) is 57.1 Å². The fourth-order valence-corrected chi connectivity index (χ4v) is 5.44. The number of hydrogen-bond acceptors (Lipinski definition) is 6. The van der Waals surface area contributed by atoms with Crippen molar-refractivity contribution in [2.24, 2.45) is 4.99 Å². The average Bonchev–Trinajstić information content (AvgIpc) is 3.15. The Hall–Kier alpha value is -2.18. The Bertz CT molecular complexity index is 905. The summed E-state index contributed by atoms with van der Waals surface area (Å²) in [6.07, 6.45) is 11.5. The van der Waals surface area contributed by atoms with Gasteiger partial charge >= 0.3 is 0 Å². The van der Waals surface area contributed by atoms with E-state index in [1.54, 1.807) is 0 Å². The molecule has 6 heteroatoms. The van der Waals surface area contributed by atoms with Gasteiger partial charge in [-0.25, -0.2) is 0 Å². The van der Waals surface area contributed by atoms with E-state index < -0.39 is 6.23 Å². The Kier molecular flexibility index (Phi) is 4.69. The third-order valence-corrected chi connectivity index (χ3v) is 6.98. The van der Waals surface area contributed by atoms with Crippen LogP contribution in [0.5, 0.6) is 5.75 Å². The van der Waals surface area contributed by atoms with Crippen LogP contribution in [0.3, 0.4) is 0 Å². The van der Waals surface area contributed by atoms with Crippen LogP contribution in [0.2, 0.25) is 0 Å². The van der Waals surface area contributed by atoms with Gasteiger partial charge in [0.15, 0.2) is 11.4 Å². The Morgan fingerprint density at radius 2 is 2.32 bits per heavy atom. The van der Waals surface area contributed by atoms with Gasteiger partial charge < -0.3 is 20.1 Å². The van der Waals surface area contributed by atoms with Crippen molar-refractivity contribution in [3.63, 3.8) is 0 Å². The molecule has 1 aliphatic carbocycles. The Morgan fingerprint density at radius 3 is 3.14 bits per heavy atom. The van der Waals surface area contributed by atoms with Crippen LogP contribution in [0.4, 0.5) is 5.69 Å². The summed E-state index contributed by atoms with van der Waals surface area (Å²) in [6.45, 7) is 3.44. The van der Waals surface area contributed by atoms with E-state index in [0.717, 1.165) is 48.0 Å². The number of aliphatic hydroxyl groups is 1. The van der Waals surface area contributed by atoms with Crippen LogP contribution in [0.25, 0.3) is 5.57 Å². The van der Waals surface area contributed by atoms with Gasteiger partial charge in [-0.3, -0.25) is 4.99 Å². The molecule has 0 radical (unpaired) electrons. The predicted molar refractivity (Wildman–Crippen MR) is 116 cm³/mol. The van der Waals surface area contributed by atoms with Crippen molar-refractivity contribution in [1.82, 2.24) is 4.90 Å². The quantitative estimate of drug-likeness (QED) is 0.810. The van der Waals surface area contributed by atoms with Gasteiger partial charge in [0.1, 0.15) is 12.4 Å². The molecule has 3 atom stereocenters. The largest absolute Gasteiger partial charge is 0.487 e. The highest BCUT2D eigenvalue weighted by molar-refractivity contribution is 8.15. The number of thioether (sulfide) groups is 1. The number of anilines is 1. The highest BCUT2D eigenvalue weighted by Gasteiger charge is 2.35. The number of ether oxygens (including phenoxy) is 1. The lowest BCUT2D eigenvalue weighted by Gasteiger charge is -2.33. The molecule has 0 aromatic heterocycles. The van der Waals surface area contributed by atoms with Crippen molar-refractivity contribution in [2.45, 2.75) is 43.7 Å². The van der Waals surface area contributed by atoms with Crippen molar-refractivity contribution in [2.75, 3.05) is 18.5 Å². The second-order valence-corrected chi connectivity index (χ2v) is 8.67. The van der Waals surface area contributed by atoms with E-state index in [4.69, 9.17) is 9.73 Å². The van der Waals surface area contributed by atoms with Gasteiger partial charge in [-0.15, -0.1) is 0 Å². The maximum absolute atomic E-state index is 9.90. The van der Waals surface area contributed by atoms with Gasteiger partial charge in [0.25, 0.3) is 0 Å². The summed E-state index contributed by atoms with van der Waals surface area (Å²) in [5.41, 5.74) is 4.76. The SMILES string of the molecule is CCC1CN2C=C(c3ccc4c(c3)NC(O)CO4)C(C3=CC=CCC3)SC2=N1. The van der Waals surface area contributed by atoms with E-state index in [1.165, 1.54) is 11.1 Å². The monoisotopic (exact) mass is 395 g/mol. The third kappa shape index (κ3) is 3.25. The molecule has 3 unspecified atom stereocenters. The fraction of sp³-hybridized carbons (Fsp3) is 0.409. The maximum atomic E-state index is 9.90. The van der Waals surface area contributed by atoms with Gasteiger partial charge in [-0.1, -0.05) is 48.6 Å². The van der Waals surface area contributed by atoms with Gasteiger partial charge in [0.2, 0.25) is 0 Å². The molecule has 28 heavy (non-hydrogen) atoms. The molecule has 3 heterocycles. The second kappa shape index (κ2) is 7.33. The summed E-state index contributed by atoms with van der Waals surface area (Å²) in [5, 5.41) is 14.4. The number of fused-ring (bicyclic) bond motifs is 2. The lowest BCUT2D eigenvalue weighted by atomic mass is 9.92. The van der Waals surface area contributed by atoms with Crippen LogP contribution < -0.4 is 10.1 Å². The lowest BCUT2D eigenvalue weighted by Crippen LogP contribution is -2.31. The van der Waals surface area contributed by atoms with Crippen LogP contribution in [0.15, 0.2) is 53.2 Å². The summed E-state index contributed by atoms with van der Waals surface area (Å²) in [4.78, 5) is 7.24. The molecule has 1 aromatic rings. The minimum absolute atomic E-state index is 0.267. The summed E-state index contributed by atoms with van der Waals surface area (Å²) in [5.74, 6) is 0.795. The maximum Gasteiger partial charge on any atom is 0.164 e. The molecule has 0 spiro atoms. The highest BCUT2D eigenvalue weighted by Crippen LogP contribution is 2.44. The van der Waals surface area contributed by atoms with Crippen molar-refractivity contribution < 1.29 is 9.84 Å². The molecule has 0 saturated carbocycles. The molecule has 1 aromatic carbocycles. The number of aliphatic hydroxyl groups excluding tert-OH is 1. The molecule has 0 amide bonds. The summed E-state index contributed by atoms with van der Waals surface area (Å²) >= 11 is 1.87. The van der Waals surface area contributed by atoms with Crippen molar-refractivity contribution in [1.29, 1.82) is 0 Å². The first-order valence-electron chi connectivity index (χ1n) is 10.0. The average molecular weight is 396 g/mol. The van der Waals surface area contributed by atoms with E-state index in [1.807, 2.05) is 17.8 Å². The fourth-order valence-electron chi connectivity index (χ4n) is 4.09. The number of nitrogens with zero attached hydrogens (tertiary/aromatic N) is 2. The van der Waals surface area contributed by atoms with E-state index in [-0.39, 0.29) is 11.9 Å². The molecular formula is C22H25N3O2S. The molecular weight excluding hydrogens is 370 g/mol. The molecule has 2 N–H and O–H groups in total. The van der Waals surface area contributed by atoms with E-state index in [9.17, 15) is 5.11 Å². The van der Waals surface area contributed by atoms with E-state index >= 15 is 0 Å². The number of nitrogens with one attached hydrogen (secondary N) is 1. The number of allylic oxidation sites excluding steroid dienone is 3. The number of rotatable bonds is 3. The smallest absolute Gasteiger partial charge is 0.164 e. The number of amidine groups is 1. The van der Waals surface area contributed by atoms with Crippen molar-refractivity contribution in [3.8, 4) is 5.75 Å². The van der Waals surface area contributed by atoms with E-state index in [0.29, 0.717) is 6.04 Å². The zero-order valence-electron chi connectivity index (χ0n) is 16.0. The molecule has 4 aliphatic rings. The normalized spacial score (nSPS) is 28.4. The first kappa shape index (κ1) is 17.9. The summed E-state index contributed by atoms with van der Waals surface area (Å²) in [6, 6.07) is 6.62. The Balaban J connectivity index is 1.55. The Morgan fingerprint density at radius 1 is 1.39 bits per heavy atom. The lowest BCUT2D eigenvalue weighted by molar-refractivity contribution is 0.119. The van der Waals surface area contributed by atoms with Gasteiger partial charge in [-0.2, -0.15) is 0 Å². The van der Waals surface area contributed by atoms with Crippen LogP contribution >= 0.6 is 11.8 Å². The van der Waals surface area contributed by atoms with Gasteiger partial charge in [0.05, 0.1) is 17.0 Å². The molecule has 0 saturated heterocycles. The van der Waals surface area contributed by atoms with E-state index in [2.05, 4.69) is 53.7 Å². The van der Waals surface area contributed by atoms with Crippen molar-refractivity contribution >= 4 is 28.2 Å². The minimum Gasteiger partial charge on any atom is -0.487 e. The van der Waals surface area contributed by atoms with Gasteiger partial charge in [-0.05, 0) is 42.5 Å².